The lowest BCUT2D eigenvalue weighted by Crippen LogP contribution is -2.31. The molecule has 0 aliphatic carbocycles. The van der Waals surface area contributed by atoms with E-state index in [1.54, 1.807) is 18.0 Å². The first-order chi connectivity index (χ1) is 15.1. The minimum absolute atomic E-state index is 0.0921. The molecule has 2 heterocycles. The summed E-state index contributed by atoms with van der Waals surface area (Å²) < 4.78 is 6.78. The summed E-state index contributed by atoms with van der Waals surface area (Å²) in [6, 6.07) is 17.6. The number of amides is 2. The van der Waals surface area contributed by atoms with Crippen molar-refractivity contribution in [3.8, 4) is 5.75 Å². The molecule has 4 rings (SSSR count). The number of ether oxygens (including phenoxy) is 1. The summed E-state index contributed by atoms with van der Waals surface area (Å²) >= 11 is 0. The Labute approximate surface area is 180 Å². The molecule has 3 aromatic rings. The molecular formula is C23H25N5O3. The number of methoxy groups -OCH3 is 1. The zero-order valence-electron chi connectivity index (χ0n) is 17.4. The largest absolute Gasteiger partial charge is 0.497 e. The maximum absolute atomic E-state index is 12.5. The van der Waals surface area contributed by atoms with Crippen LogP contribution in [0.25, 0.3) is 0 Å². The standard InChI is InChI=1S/C23H25N5O3/c1-31-20-9-7-18(8-10-20)15-28-16-21(25-26-28)23(30)24-12-19-11-22(29)27(14-19)13-17-5-3-2-4-6-17/h2-10,16,19H,11-15H2,1H3,(H,24,30). The molecule has 0 spiro atoms. The first-order valence-corrected chi connectivity index (χ1v) is 10.2. The number of carbonyl (C=O) groups excluding carboxylic acids is 2. The molecule has 1 atom stereocenters. The Balaban J connectivity index is 1.26. The van der Waals surface area contributed by atoms with E-state index >= 15 is 0 Å². The van der Waals surface area contributed by atoms with Gasteiger partial charge in [0.25, 0.3) is 5.91 Å². The van der Waals surface area contributed by atoms with Crippen molar-refractivity contribution in [2.45, 2.75) is 19.5 Å². The second kappa shape index (κ2) is 9.42. The number of aromatic nitrogens is 3. The summed E-state index contributed by atoms with van der Waals surface area (Å²) in [6.07, 6.45) is 2.07. The molecule has 1 saturated heterocycles. The molecule has 1 unspecified atom stereocenters. The quantitative estimate of drug-likeness (QED) is 0.604. The highest BCUT2D eigenvalue weighted by Gasteiger charge is 2.29. The third-order valence-electron chi connectivity index (χ3n) is 5.34. The SMILES string of the molecule is COc1ccc(Cn2cc(C(=O)NCC3CC(=O)N(Cc4ccccc4)C3)nn2)cc1. The zero-order chi connectivity index (χ0) is 21.6. The summed E-state index contributed by atoms with van der Waals surface area (Å²) in [5.74, 6) is 0.716. The fraction of sp³-hybridized carbons (Fsp3) is 0.304. The number of nitrogens with one attached hydrogen (secondary N) is 1. The predicted molar refractivity (Wildman–Crippen MR) is 114 cm³/mol. The Bertz CT molecular complexity index is 1030. The highest BCUT2D eigenvalue weighted by Crippen LogP contribution is 2.19. The second-order valence-electron chi connectivity index (χ2n) is 7.69. The van der Waals surface area contributed by atoms with E-state index < -0.39 is 0 Å². The van der Waals surface area contributed by atoms with Gasteiger partial charge in [-0.05, 0) is 23.3 Å². The first-order valence-electron chi connectivity index (χ1n) is 10.2. The molecule has 2 amide bonds. The Morgan fingerprint density at radius 2 is 1.84 bits per heavy atom. The maximum atomic E-state index is 12.5. The summed E-state index contributed by atoms with van der Waals surface area (Å²) in [4.78, 5) is 26.6. The number of carbonyl (C=O) groups is 2. The van der Waals surface area contributed by atoms with E-state index in [0.29, 0.717) is 32.6 Å². The molecule has 1 aliphatic heterocycles. The van der Waals surface area contributed by atoms with Crippen LogP contribution in [-0.4, -0.2) is 51.9 Å². The fourth-order valence-electron chi connectivity index (χ4n) is 3.67. The van der Waals surface area contributed by atoms with Gasteiger partial charge in [0.2, 0.25) is 5.91 Å². The van der Waals surface area contributed by atoms with Gasteiger partial charge >= 0.3 is 0 Å². The van der Waals surface area contributed by atoms with E-state index in [-0.39, 0.29) is 23.4 Å². The number of rotatable bonds is 8. The van der Waals surface area contributed by atoms with Crippen LogP contribution in [0.1, 0.15) is 28.0 Å². The lowest BCUT2D eigenvalue weighted by molar-refractivity contribution is -0.128. The van der Waals surface area contributed by atoms with Crippen LogP contribution in [0.15, 0.2) is 60.8 Å². The average molecular weight is 419 g/mol. The molecule has 0 radical (unpaired) electrons. The van der Waals surface area contributed by atoms with Crippen molar-refractivity contribution in [2.24, 2.45) is 5.92 Å². The molecular weight excluding hydrogens is 394 g/mol. The number of benzene rings is 2. The van der Waals surface area contributed by atoms with Gasteiger partial charge in [-0.15, -0.1) is 5.10 Å². The number of hydrogen-bond donors (Lipinski definition) is 1. The molecule has 0 saturated carbocycles. The summed E-state index contributed by atoms with van der Waals surface area (Å²) in [7, 11) is 1.62. The van der Waals surface area contributed by atoms with Crippen molar-refractivity contribution >= 4 is 11.8 Å². The summed E-state index contributed by atoms with van der Waals surface area (Å²) in [5.41, 5.74) is 2.40. The number of hydrogen-bond acceptors (Lipinski definition) is 5. The van der Waals surface area contributed by atoms with Gasteiger partial charge in [-0.25, -0.2) is 4.68 Å². The van der Waals surface area contributed by atoms with Gasteiger partial charge in [0.05, 0.1) is 19.9 Å². The maximum Gasteiger partial charge on any atom is 0.273 e. The van der Waals surface area contributed by atoms with Crippen LogP contribution in [0.5, 0.6) is 5.75 Å². The lowest BCUT2D eigenvalue weighted by atomic mass is 10.1. The molecule has 8 nitrogen and oxygen atoms in total. The van der Waals surface area contributed by atoms with E-state index in [1.807, 2.05) is 59.5 Å². The Hall–Kier alpha value is -3.68. The molecule has 160 valence electrons. The third-order valence-corrected chi connectivity index (χ3v) is 5.34. The van der Waals surface area contributed by atoms with E-state index in [4.69, 9.17) is 4.74 Å². The van der Waals surface area contributed by atoms with Crippen LogP contribution in [-0.2, 0) is 17.9 Å². The highest BCUT2D eigenvalue weighted by molar-refractivity contribution is 5.91. The van der Waals surface area contributed by atoms with Crippen molar-refractivity contribution in [2.75, 3.05) is 20.2 Å². The molecule has 0 bridgehead atoms. The molecule has 1 aromatic heterocycles. The number of likely N-dealkylation sites (tertiary alicyclic amines) is 1. The third kappa shape index (κ3) is 5.28. The van der Waals surface area contributed by atoms with Crippen molar-refractivity contribution in [1.29, 1.82) is 0 Å². The molecule has 1 fully saturated rings. The van der Waals surface area contributed by atoms with Gasteiger partial charge < -0.3 is 15.0 Å². The normalized spacial score (nSPS) is 15.8. The molecule has 1 N–H and O–H groups in total. The summed E-state index contributed by atoms with van der Waals surface area (Å²) in [5, 5.41) is 10.9. The van der Waals surface area contributed by atoms with Crippen molar-refractivity contribution in [1.82, 2.24) is 25.2 Å². The van der Waals surface area contributed by atoms with Crippen LogP contribution >= 0.6 is 0 Å². The predicted octanol–water partition coefficient (Wildman–Crippen LogP) is 2.11. The van der Waals surface area contributed by atoms with Gasteiger partial charge in [-0.3, -0.25) is 9.59 Å². The van der Waals surface area contributed by atoms with Crippen LogP contribution in [0.3, 0.4) is 0 Å². The van der Waals surface area contributed by atoms with Gasteiger partial charge in [0, 0.05) is 32.0 Å². The Morgan fingerprint density at radius 1 is 1.10 bits per heavy atom. The highest BCUT2D eigenvalue weighted by atomic mass is 16.5. The van der Waals surface area contributed by atoms with Gasteiger partial charge in [0.15, 0.2) is 5.69 Å². The molecule has 2 aromatic carbocycles. The van der Waals surface area contributed by atoms with Crippen LogP contribution < -0.4 is 10.1 Å². The lowest BCUT2D eigenvalue weighted by Gasteiger charge is -2.16. The van der Waals surface area contributed by atoms with E-state index in [2.05, 4.69) is 15.6 Å². The van der Waals surface area contributed by atoms with Crippen LogP contribution in [0, 0.1) is 5.92 Å². The van der Waals surface area contributed by atoms with Gasteiger partial charge in [-0.1, -0.05) is 47.7 Å². The smallest absolute Gasteiger partial charge is 0.273 e. The topological polar surface area (TPSA) is 89.4 Å². The van der Waals surface area contributed by atoms with E-state index in [0.717, 1.165) is 16.9 Å². The number of nitrogens with zero attached hydrogens (tertiary/aromatic N) is 4. The Kier molecular flexibility index (Phi) is 6.26. The average Bonchev–Trinajstić information content (AvgIpc) is 3.40. The van der Waals surface area contributed by atoms with Crippen molar-refractivity contribution in [3.63, 3.8) is 0 Å². The summed E-state index contributed by atoms with van der Waals surface area (Å²) in [6.45, 7) is 2.18. The molecule has 8 heteroatoms. The zero-order valence-corrected chi connectivity index (χ0v) is 17.4. The van der Waals surface area contributed by atoms with E-state index in [1.165, 1.54) is 0 Å². The Morgan fingerprint density at radius 3 is 2.58 bits per heavy atom. The van der Waals surface area contributed by atoms with Crippen LogP contribution in [0.4, 0.5) is 0 Å². The first kappa shape index (κ1) is 20.6. The minimum atomic E-state index is -0.282. The van der Waals surface area contributed by atoms with E-state index in [9.17, 15) is 9.59 Å². The molecule has 1 aliphatic rings. The van der Waals surface area contributed by atoms with Crippen molar-refractivity contribution in [3.05, 3.63) is 77.6 Å². The van der Waals surface area contributed by atoms with Crippen LogP contribution in [0.2, 0.25) is 0 Å². The monoisotopic (exact) mass is 419 g/mol. The van der Waals surface area contributed by atoms with Gasteiger partial charge in [-0.2, -0.15) is 0 Å². The van der Waals surface area contributed by atoms with Crippen molar-refractivity contribution < 1.29 is 14.3 Å². The van der Waals surface area contributed by atoms with Gasteiger partial charge in [0.1, 0.15) is 5.75 Å². The fourth-order valence-corrected chi connectivity index (χ4v) is 3.67. The second-order valence-corrected chi connectivity index (χ2v) is 7.69. The molecule has 31 heavy (non-hydrogen) atoms. The minimum Gasteiger partial charge on any atom is -0.497 e.